The van der Waals surface area contributed by atoms with Crippen LogP contribution < -0.4 is 10.6 Å². The van der Waals surface area contributed by atoms with Gasteiger partial charge >= 0.3 is 6.09 Å². The van der Waals surface area contributed by atoms with Gasteiger partial charge in [0.2, 0.25) is 5.91 Å². The molecule has 0 heterocycles. The highest BCUT2D eigenvalue weighted by atomic mass is 16.5. The highest BCUT2D eigenvalue weighted by molar-refractivity contribution is 5.73. The van der Waals surface area contributed by atoms with Crippen LogP contribution in [0, 0.1) is 0 Å². The predicted octanol–water partition coefficient (Wildman–Crippen LogP) is 1.18. The van der Waals surface area contributed by atoms with Gasteiger partial charge in [0.05, 0.1) is 6.61 Å². The Morgan fingerprint density at radius 3 is 2.06 bits per heavy atom. The van der Waals surface area contributed by atoms with Gasteiger partial charge in [0, 0.05) is 19.0 Å². The summed E-state index contributed by atoms with van der Waals surface area (Å²) in [5, 5.41) is 5.72. The molecule has 0 aromatic carbocycles. The molecule has 0 aromatic rings. The molecule has 0 unspecified atom stereocenters. The molecule has 2 N–H and O–H groups in total. The minimum atomic E-state index is -0.342. The highest BCUT2D eigenvalue weighted by Gasteiger charge is 2.22. The van der Waals surface area contributed by atoms with Crippen molar-refractivity contribution in [1.29, 1.82) is 0 Å². The normalized spacial score (nSPS) is 24.6. The van der Waals surface area contributed by atoms with E-state index in [9.17, 15) is 9.59 Å². The van der Waals surface area contributed by atoms with E-state index in [2.05, 4.69) is 10.6 Å². The van der Waals surface area contributed by atoms with Crippen LogP contribution in [0.1, 0.15) is 39.5 Å². The summed E-state index contributed by atoms with van der Waals surface area (Å²) in [5.74, 6) is 0.0156. The van der Waals surface area contributed by atoms with Crippen LogP contribution >= 0.6 is 0 Å². The Kier molecular flexibility index (Phi) is 5.08. The summed E-state index contributed by atoms with van der Waals surface area (Å²) in [6.45, 7) is 3.71. The first-order valence-electron chi connectivity index (χ1n) is 5.82. The number of hydrogen-bond acceptors (Lipinski definition) is 3. The molecular weight excluding hydrogens is 208 g/mol. The maximum atomic E-state index is 11.2. The molecule has 2 amide bonds. The smallest absolute Gasteiger partial charge is 0.407 e. The van der Waals surface area contributed by atoms with Gasteiger partial charge in [-0.3, -0.25) is 4.79 Å². The van der Waals surface area contributed by atoms with E-state index in [0.717, 1.165) is 25.7 Å². The van der Waals surface area contributed by atoms with Crippen molar-refractivity contribution in [3.8, 4) is 0 Å². The van der Waals surface area contributed by atoms with Crippen molar-refractivity contribution in [2.75, 3.05) is 6.61 Å². The molecule has 0 radical (unpaired) electrons. The van der Waals surface area contributed by atoms with Gasteiger partial charge in [-0.05, 0) is 32.6 Å². The zero-order valence-electron chi connectivity index (χ0n) is 9.91. The summed E-state index contributed by atoms with van der Waals surface area (Å²) in [4.78, 5) is 22.0. The maximum absolute atomic E-state index is 11.2. The number of carbonyl (C=O) groups excluding carboxylic acids is 2. The second-order valence-electron chi connectivity index (χ2n) is 4.11. The van der Waals surface area contributed by atoms with Gasteiger partial charge in [-0.1, -0.05) is 0 Å². The first-order valence-corrected chi connectivity index (χ1v) is 5.82. The molecule has 92 valence electrons. The lowest BCUT2D eigenvalue weighted by Crippen LogP contribution is -2.43. The van der Waals surface area contributed by atoms with Crippen LogP contribution in [0.4, 0.5) is 4.79 Å². The molecule has 5 nitrogen and oxygen atoms in total. The minimum Gasteiger partial charge on any atom is -0.450 e. The van der Waals surface area contributed by atoms with Crippen molar-refractivity contribution in [1.82, 2.24) is 10.6 Å². The van der Waals surface area contributed by atoms with Gasteiger partial charge in [0.1, 0.15) is 0 Å². The van der Waals surface area contributed by atoms with E-state index in [1.165, 1.54) is 6.92 Å². The number of ether oxygens (including phenoxy) is 1. The minimum absolute atomic E-state index is 0.0156. The van der Waals surface area contributed by atoms with Gasteiger partial charge in [-0.25, -0.2) is 4.79 Å². The molecular formula is C11H20N2O3. The number of alkyl carbamates (subject to hydrolysis) is 1. The maximum Gasteiger partial charge on any atom is 0.407 e. The summed E-state index contributed by atoms with van der Waals surface area (Å²) >= 11 is 0. The van der Waals surface area contributed by atoms with Crippen LogP contribution in [-0.2, 0) is 9.53 Å². The molecule has 1 saturated carbocycles. The number of amides is 2. The quantitative estimate of drug-likeness (QED) is 0.762. The highest BCUT2D eigenvalue weighted by Crippen LogP contribution is 2.18. The first kappa shape index (κ1) is 12.8. The molecule has 0 aliphatic heterocycles. The molecule has 1 rings (SSSR count). The van der Waals surface area contributed by atoms with Crippen LogP contribution in [0.3, 0.4) is 0 Å². The van der Waals surface area contributed by atoms with E-state index >= 15 is 0 Å². The molecule has 0 atom stereocenters. The summed E-state index contributed by atoms with van der Waals surface area (Å²) in [6.07, 6.45) is 3.27. The number of nitrogens with one attached hydrogen (secondary N) is 2. The van der Waals surface area contributed by atoms with E-state index in [-0.39, 0.29) is 24.1 Å². The fourth-order valence-electron chi connectivity index (χ4n) is 2.01. The van der Waals surface area contributed by atoms with E-state index in [0.29, 0.717) is 6.61 Å². The van der Waals surface area contributed by atoms with Crippen molar-refractivity contribution in [3.63, 3.8) is 0 Å². The summed E-state index contributed by atoms with van der Waals surface area (Å²) < 4.78 is 4.82. The largest absolute Gasteiger partial charge is 0.450 e. The number of hydrogen-bond donors (Lipinski definition) is 2. The Morgan fingerprint density at radius 2 is 1.62 bits per heavy atom. The fraction of sp³-hybridized carbons (Fsp3) is 0.818. The molecule has 1 aliphatic carbocycles. The molecule has 0 saturated heterocycles. The third-order valence-electron chi connectivity index (χ3n) is 2.73. The standard InChI is InChI=1S/C11H20N2O3/c1-3-16-11(15)13-10-6-4-9(5-7-10)12-8(2)14/h9-10H,3-7H2,1-2H3,(H,12,14)(H,13,15)/t9-,10-. The van der Waals surface area contributed by atoms with Crippen molar-refractivity contribution in [3.05, 3.63) is 0 Å². The average molecular weight is 228 g/mol. The van der Waals surface area contributed by atoms with Crippen LogP contribution in [0.2, 0.25) is 0 Å². The van der Waals surface area contributed by atoms with Crippen molar-refractivity contribution >= 4 is 12.0 Å². The second kappa shape index (κ2) is 6.35. The van der Waals surface area contributed by atoms with E-state index in [1.807, 2.05) is 0 Å². The lowest BCUT2D eigenvalue weighted by Gasteiger charge is -2.29. The Bertz CT molecular complexity index is 248. The van der Waals surface area contributed by atoms with E-state index < -0.39 is 0 Å². The SMILES string of the molecule is CCOC(=O)N[C@H]1CC[C@H](NC(C)=O)CC1. The van der Waals surface area contributed by atoms with Crippen LogP contribution in [-0.4, -0.2) is 30.7 Å². The summed E-state index contributed by atoms with van der Waals surface area (Å²) in [5.41, 5.74) is 0. The fourth-order valence-corrected chi connectivity index (χ4v) is 2.01. The van der Waals surface area contributed by atoms with Crippen LogP contribution in [0.5, 0.6) is 0 Å². The number of carbonyl (C=O) groups is 2. The van der Waals surface area contributed by atoms with Gasteiger partial charge in [0.25, 0.3) is 0 Å². The van der Waals surface area contributed by atoms with E-state index in [1.54, 1.807) is 6.92 Å². The second-order valence-corrected chi connectivity index (χ2v) is 4.11. The molecule has 0 bridgehead atoms. The Hall–Kier alpha value is -1.26. The number of rotatable bonds is 3. The molecule has 1 aliphatic rings. The van der Waals surface area contributed by atoms with Crippen molar-refractivity contribution < 1.29 is 14.3 Å². The average Bonchev–Trinajstić information content (AvgIpc) is 2.20. The summed E-state index contributed by atoms with van der Waals surface area (Å²) in [6, 6.07) is 0.446. The predicted molar refractivity (Wildman–Crippen MR) is 60.0 cm³/mol. The Morgan fingerprint density at radius 1 is 1.12 bits per heavy atom. The van der Waals surface area contributed by atoms with Gasteiger partial charge < -0.3 is 15.4 Å². The molecule has 0 spiro atoms. The molecule has 1 fully saturated rings. The summed E-state index contributed by atoms with van der Waals surface area (Å²) in [7, 11) is 0. The monoisotopic (exact) mass is 228 g/mol. The van der Waals surface area contributed by atoms with Crippen molar-refractivity contribution in [2.45, 2.75) is 51.6 Å². The zero-order chi connectivity index (χ0) is 12.0. The Balaban J connectivity index is 2.21. The lowest BCUT2D eigenvalue weighted by molar-refractivity contribution is -0.119. The third-order valence-corrected chi connectivity index (χ3v) is 2.73. The van der Waals surface area contributed by atoms with Gasteiger partial charge in [-0.15, -0.1) is 0 Å². The van der Waals surface area contributed by atoms with Gasteiger partial charge in [0.15, 0.2) is 0 Å². The molecule has 5 heteroatoms. The van der Waals surface area contributed by atoms with Crippen LogP contribution in [0.25, 0.3) is 0 Å². The molecule has 16 heavy (non-hydrogen) atoms. The van der Waals surface area contributed by atoms with Crippen molar-refractivity contribution in [2.24, 2.45) is 0 Å². The molecule has 0 aromatic heterocycles. The van der Waals surface area contributed by atoms with E-state index in [4.69, 9.17) is 4.74 Å². The first-order chi connectivity index (χ1) is 7.61. The van der Waals surface area contributed by atoms with Gasteiger partial charge in [-0.2, -0.15) is 0 Å². The third kappa shape index (κ3) is 4.51. The zero-order valence-corrected chi connectivity index (χ0v) is 9.91. The lowest BCUT2D eigenvalue weighted by atomic mass is 9.91. The topological polar surface area (TPSA) is 67.4 Å². The van der Waals surface area contributed by atoms with Crippen LogP contribution in [0.15, 0.2) is 0 Å². The Labute approximate surface area is 95.9 Å².